The Morgan fingerprint density at radius 2 is 2.21 bits per heavy atom. The summed E-state index contributed by atoms with van der Waals surface area (Å²) in [5.74, 6) is 0. The first-order chi connectivity index (χ1) is 9.29. The van der Waals surface area contributed by atoms with Crippen molar-refractivity contribution in [3.8, 4) is 0 Å². The number of hydrogen-bond donors (Lipinski definition) is 1. The van der Waals surface area contributed by atoms with Crippen LogP contribution in [-0.2, 0) is 0 Å². The molecule has 1 saturated heterocycles. The summed E-state index contributed by atoms with van der Waals surface area (Å²) in [4.78, 5) is 2.66. The van der Waals surface area contributed by atoms with Crippen molar-refractivity contribution in [3.05, 3.63) is 29.3 Å². The zero-order valence-electron chi connectivity index (χ0n) is 11.9. The van der Waals surface area contributed by atoms with E-state index in [1.165, 1.54) is 38.6 Å². The average molecular weight is 281 g/mol. The van der Waals surface area contributed by atoms with E-state index < -0.39 is 0 Å². The Balaban J connectivity index is 1.80. The Hall–Kier alpha value is -0.730. The second-order valence-electron chi connectivity index (χ2n) is 5.38. The van der Waals surface area contributed by atoms with Gasteiger partial charge in [-0.15, -0.1) is 0 Å². The lowest BCUT2D eigenvalue weighted by molar-refractivity contribution is 0.202. The van der Waals surface area contributed by atoms with Gasteiger partial charge in [-0.3, -0.25) is 4.90 Å². The second kappa shape index (κ2) is 7.76. The van der Waals surface area contributed by atoms with Crippen molar-refractivity contribution in [2.75, 3.05) is 25.0 Å². The first kappa shape index (κ1) is 14.7. The van der Waals surface area contributed by atoms with Crippen LogP contribution in [0.2, 0.25) is 5.02 Å². The molecule has 3 heteroatoms. The van der Waals surface area contributed by atoms with Gasteiger partial charge in [0.15, 0.2) is 0 Å². The summed E-state index contributed by atoms with van der Waals surface area (Å²) in [7, 11) is 0. The molecule has 1 atom stereocenters. The van der Waals surface area contributed by atoms with Crippen molar-refractivity contribution in [1.82, 2.24) is 4.90 Å². The Labute approximate surface area is 122 Å². The van der Waals surface area contributed by atoms with Crippen molar-refractivity contribution in [3.63, 3.8) is 0 Å². The highest BCUT2D eigenvalue weighted by Gasteiger charge is 2.18. The molecule has 1 N–H and O–H groups in total. The maximum Gasteiger partial charge on any atom is 0.0426 e. The van der Waals surface area contributed by atoms with Crippen LogP contribution in [-0.4, -0.2) is 30.6 Å². The van der Waals surface area contributed by atoms with Crippen LogP contribution in [0.5, 0.6) is 0 Å². The third kappa shape index (κ3) is 4.70. The number of benzene rings is 1. The lowest BCUT2D eigenvalue weighted by Gasteiger charge is -2.29. The second-order valence-corrected chi connectivity index (χ2v) is 5.82. The van der Waals surface area contributed by atoms with E-state index in [1.54, 1.807) is 0 Å². The summed E-state index contributed by atoms with van der Waals surface area (Å²) in [5, 5.41) is 4.27. The van der Waals surface area contributed by atoms with Gasteiger partial charge in [-0.1, -0.05) is 37.4 Å². The quantitative estimate of drug-likeness (QED) is 0.860. The molecular weight excluding hydrogens is 256 g/mol. The zero-order valence-corrected chi connectivity index (χ0v) is 12.6. The maximum atomic E-state index is 5.99. The Morgan fingerprint density at radius 1 is 1.32 bits per heavy atom. The number of nitrogens with zero attached hydrogens (tertiary/aromatic N) is 1. The molecule has 106 valence electrons. The van der Waals surface area contributed by atoms with E-state index in [1.807, 2.05) is 18.2 Å². The van der Waals surface area contributed by atoms with Crippen molar-refractivity contribution < 1.29 is 0 Å². The van der Waals surface area contributed by atoms with Gasteiger partial charge in [0, 0.05) is 29.8 Å². The van der Waals surface area contributed by atoms with E-state index in [9.17, 15) is 0 Å². The number of nitrogens with one attached hydrogen (secondary N) is 1. The van der Waals surface area contributed by atoms with E-state index in [0.717, 1.165) is 29.8 Å². The fourth-order valence-electron chi connectivity index (χ4n) is 2.94. The first-order valence-electron chi connectivity index (χ1n) is 7.53. The molecule has 0 aliphatic carbocycles. The van der Waals surface area contributed by atoms with Crippen LogP contribution in [0.3, 0.4) is 0 Å². The maximum absolute atomic E-state index is 5.99. The molecule has 0 saturated carbocycles. The fourth-order valence-corrected chi connectivity index (χ4v) is 3.13. The highest BCUT2D eigenvalue weighted by atomic mass is 35.5. The minimum absolute atomic E-state index is 0.781. The van der Waals surface area contributed by atoms with E-state index >= 15 is 0 Å². The minimum Gasteiger partial charge on any atom is -0.384 e. The molecule has 1 fully saturated rings. The number of anilines is 1. The van der Waals surface area contributed by atoms with E-state index in [4.69, 9.17) is 11.6 Å². The van der Waals surface area contributed by atoms with Crippen LogP contribution in [0, 0.1) is 0 Å². The van der Waals surface area contributed by atoms with Crippen molar-refractivity contribution in [2.24, 2.45) is 0 Å². The van der Waals surface area contributed by atoms with Gasteiger partial charge in [0.05, 0.1) is 0 Å². The number of rotatable bonds is 5. The Morgan fingerprint density at radius 3 is 3.00 bits per heavy atom. The van der Waals surface area contributed by atoms with Gasteiger partial charge >= 0.3 is 0 Å². The lowest BCUT2D eigenvalue weighted by atomic mass is 10.1. The largest absolute Gasteiger partial charge is 0.384 e. The van der Waals surface area contributed by atoms with Crippen LogP contribution < -0.4 is 5.32 Å². The van der Waals surface area contributed by atoms with Crippen LogP contribution in [0.25, 0.3) is 0 Å². The van der Waals surface area contributed by atoms with Gasteiger partial charge in [-0.25, -0.2) is 0 Å². The predicted molar refractivity (Wildman–Crippen MR) is 84.1 cm³/mol. The SMILES string of the molecule is CCC1CCCCCN1CCNc1cccc(Cl)c1. The molecule has 1 aliphatic heterocycles. The molecule has 1 aliphatic rings. The molecule has 0 amide bonds. The van der Waals surface area contributed by atoms with Gasteiger partial charge in [0.1, 0.15) is 0 Å². The lowest BCUT2D eigenvalue weighted by Crippen LogP contribution is -2.37. The van der Waals surface area contributed by atoms with Crippen LogP contribution >= 0.6 is 11.6 Å². The van der Waals surface area contributed by atoms with Crippen molar-refractivity contribution >= 4 is 17.3 Å². The average Bonchev–Trinajstić information content (AvgIpc) is 2.64. The van der Waals surface area contributed by atoms with Crippen LogP contribution in [0.1, 0.15) is 39.0 Å². The Bertz CT molecular complexity index is 381. The molecule has 1 heterocycles. The summed E-state index contributed by atoms with van der Waals surface area (Å²) in [5.41, 5.74) is 1.12. The standard InChI is InChI=1S/C16H25ClN2/c1-2-16-9-4-3-5-11-19(16)12-10-18-15-8-6-7-14(17)13-15/h6-8,13,16,18H,2-5,9-12H2,1H3. The third-order valence-electron chi connectivity index (χ3n) is 4.02. The monoisotopic (exact) mass is 280 g/mol. The normalized spacial score (nSPS) is 21.1. The minimum atomic E-state index is 0.781. The van der Waals surface area contributed by atoms with Crippen molar-refractivity contribution in [2.45, 2.75) is 45.1 Å². The van der Waals surface area contributed by atoms with Gasteiger partial charge in [-0.05, 0) is 44.0 Å². The zero-order chi connectivity index (χ0) is 13.5. The summed E-state index contributed by atoms with van der Waals surface area (Å²) >= 11 is 5.99. The number of likely N-dealkylation sites (tertiary alicyclic amines) is 1. The van der Waals surface area contributed by atoms with Gasteiger partial charge in [-0.2, -0.15) is 0 Å². The van der Waals surface area contributed by atoms with Crippen LogP contribution in [0.4, 0.5) is 5.69 Å². The first-order valence-corrected chi connectivity index (χ1v) is 7.91. The fraction of sp³-hybridized carbons (Fsp3) is 0.625. The number of hydrogen-bond acceptors (Lipinski definition) is 2. The summed E-state index contributed by atoms with van der Waals surface area (Å²) in [6, 6.07) is 8.75. The number of halogens is 1. The van der Waals surface area contributed by atoms with Gasteiger partial charge in [0.25, 0.3) is 0 Å². The van der Waals surface area contributed by atoms with Gasteiger partial charge < -0.3 is 5.32 Å². The summed E-state index contributed by atoms with van der Waals surface area (Å²) < 4.78 is 0. The molecule has 0 radical (unpaired) electrons. The molecule has 2 nitrogen and oxygen atoms in total. The summed E-state index contributed by atoms with van der Waals surface area (Å²) in [6.45, 7) is 5.70. The molecule has 1 aromatic rings. The molecule has 0 aromatic heterocycles. The molecular formula is C16H25ClN2. The molecule has 1 aromatic carbocycles. The molecule has 19 heavy (non-hydrogen) atoms. The molecule has 1 unspecified atom stereocenters. The highest BCUT2D eigenvalue weighted by molar-refractivity contribution is 6.30. The molecule has 2 rings (SSSR count). The molecule has 0 spiro atoms. The summed E-state index contributed by atoms with van der Waals surface area (Å²) in [6.07, 6.45) is 6.80. The predicted octanol–water partition coefficient (Wildman–Crippen LogP) is 4.41. The van der Waals surface area contributed by atoms with Crippen molar-refractivity contribution in [1.29, 1.82) is 0 Å². The molecule has 0 bridgehead atoms. The van der Waals surface area contributed by atoms with E-state index in [-0.39, 0.29) is 0 Å². The van der Waals surface area contributed by atoms with Gasteiger partial charge in [0.2, 0.25) is 0 Å². The highest BCUT2D eigenvalue weighted by Crippen LogP contribution is 2.19. The topological polar surface area (TPSA) is 15.3 Å². The van der Waals surface area contributed by atoms with E-state index in [0.29, 0.717) is 0 Å². The van der Waals surface area contributed by atoms with Crippen LogP contribution in [0.15, 0.2) is 24.3 Å². The Kier molecular flexibility index (Phi) is 5.99. The van der Waals surface area contributed by atoms with E-state index in [2.05, 4.69) is 23.2 Å². The third-order valence-corrected chi connectivity index (χ3v) is 4.26. The smallest absolute Gasteiger partial charge is 0.0426 e.